The maximum atomic E-state index is 12.3. The van der Waals surface area contributed by atoms with Crippen molar-refractivity contribution in [3.63, 3.8) is 0 Å². The van der Waals surface area contributed by atoms with Gasteiger partial charge in [0.25, 0.3) is 0 Å². The Kier molecular flexibility index (Phi) is 3.66. The SMILES string of the molecule is CNC(C)C(=O)c1ccn2cccc(OC(C)=O)c12. The molecule has 0 bridgehead atoms. The zero-order chi connectivity index (χ0) is 14.0. The number of hydrogen-bond donors (Lipinski definition) is 1. The second kappa shape index (κ2) is 5.24. The summed E-state index contributed by atoms with van der Waals surface area (Å²) in [7, 11) is 1.73. The number of likely N-dealkylation sites (N-methyl/N-ethyl adjacent to an activating group) is 1. The summed E-state index contributed by atoms with van der Waals surface area (Å²) in [5.74, 6) is -0.0504. The first-order valence-electron chi connectivity index (χ1n) is 6.04. The minimum atomic E-state index is -0.408. The molecule has 0 aromatic carbocycles. The fourth-order valence-corrected chi connectivity index (χ4v) is 1.93. The molecule has 0 spiro atoms. The van der Waals surface area contributed by atoms with Crippen molar-refractivity contribution in [1.29, 1.82) is 0 Å². The molecule has 5 heteroatoms. The number of aromatic nitrogens is 1. The highest BCUT2D eigenvalue weighted by Gasteiger charge is 2.19. The van der Waals surface area contributed by atoms with E-state index in [9.17, 15) is 9.59 Å². The van der Waals surface area contributed by atoms with E-state index in [-0.39, 0.29) is 11.8 Å². The van der Waals surface area contributed by atoms with E-state index in [0.29, 0.717) is 16.8 Å². The monoisotopic (exact) mass is 260 g/mol. The molecule has 2 aromatic heterocycles. The largest absolute Gasteiger partial charge is 0.424 e. The summed E-state index contributed by atoms with van der Waals surface area (Å²) in [6.07, 6.45) is 3.58. The van der Waals surface area contributed by atoms with E-state index < -0.39 is 5.97 Å². The summed E-state index contributed by atoms with van der Waals surface area (Å²) in [5, 5.41) is 2.91. The Morgan fingerprint density at radius 2 is 2.05 bits per heavy atom. The fourth-order valence-electron chi connectivity index (χ4n) is 1.93. The van der Waals surface area contributed by atoms with E-state index >= 15 is 0 Å². The van der Waals surface area contributed by atoms with Crippen molar-refractivity contribution >= 4 is 17.3 Å². The number of ether oxygens (including phenoxy) is 1. The number of ketones is 1. The normalized spacial score (nSPS) is 12.4. The minimum absolute atomic E-state index is 0.0374. The molecule has 0 aliphatic carbocycles. The molecule has 19 heavy (non-hydrogen) atoms. The second-order valence-electron chi connectivity index (χ2n) is 4.33. The summed E-state index contributed by atoms with van der Waals surface area (Å²) in [4.78, 5) is 23.4. The molecule has 1 unspecified atom stereocenters. The molecule has 0 saturated carbocycles. The lowest BCUT2D eigenvalue weighted by Crippen LogP contribution is -2.30. The smallest absolute Gasteiger partial charge is 0.308 e. The highest BCUT2D eigenvalue weighted by atomic mass is 16.5. The van der Waals surface area contributed by atoms with Gasteiger partial charge in [0.05, 0.1) is 11.6 Å². The zero-order valence-corrected chi connectivity index (χ0v) is 11.1. The third kappa shape index (κ3) is 2.51. The van der Waals surface area contributed by atoms with Crippen LogP contribution in [0.2, 0.25) is 0 Å². The van der Waals surface area contributed by atoms with Gasteiger partial charge in [-0.15, -0.1) is 0 Å². The van der Waals surface area contributed by atoms with Gasteiger partial charge in [-0.05, 0) is 32.2 Å². The molecule has 2 rings (SSSR count). The average Bonchev–Trinajstić information content (AvgIpc) is 2.81. The van der Waals surface area contributed by atoms with Crippen LogP contribution in [0.25, 0.3) is 5.52 Å². The Bertz CT molecular complexity index is 631. The van der Waals surface area contributed by atoms with Gasteiger partial charge in [-0.25, -0.2) is 0 Å². The lowest BCUT2D eigenvalue weighted by atomic mass is 10.1. The van der Waals surface area contributed by atoms with Crippen LogP contribution in [0.5, 0.6) is 5.75 Å². The van der Waals surface area contributed by atoms with Crippen LogP contribution < -0.4 is 10.1 Å². The third-order valence-electron chi connectivity index (χ3n) is 2.99. The van der Waals surface area contributed by atoms with Crippen molar-refractivity contribution in [2.75, 3.05) is 7.05 Å². The number of fused-ring (bicyclic) bond motifs is 1. The molecular weight excluding hydrogens is 244 g/mol. The molecule has 0 fully saturated rings. The Morgan fingerprint density at radius 3 is 2.68 bits per heavy atom. The van der Waals surface area contributed by atoms with Crippen molar-refractivity contribution in [3.8, 4) is 5.75 Å². The molecular formula is C14H16N2O3. The number of Topliss-reactive ketones (excluding diaryl/α,β-unsaturated/α-hetero) is 1. The highest BCUT2D eigenvalue weighted by molar-refractivity contribution is 6.07. The Morgan fingerprint density at radius 1 is 1.32 bits per heavy atom. The van der Waals surface area contributed by atoms with Gasteiger partial charge in [-0.2, -0.15) is 0 Å². The first-order valence-corrected chi connectivity index (χ1v) is 6.04. The predicted molar refractivity (Wildman–Crippen MR) is 71.6 cm³/mol. The Hall–Kier alpha value is -2.14. The van der Waals surface area contributed by atoms with Crippen LogP contribution in [0, 0.1) is 0 Å². The van der Waals surface area contributed by atoms with Crippen molar-refractivity contribution < 1.29 is 14.3 Å². The van der Waals surface area contributed by atoms with Gasteiger partial charge >= 0.3 is 5.97 Å². The quantitative estimate of drug-likeness (QED) is 0.671. The maximum Gasteiger partial charge on any atom is 0.308 e. The van der Waals surface area contributed by atoms with Crippen LogP contribution in [-0.2, 0) is 4.79 Å². The summed E-state index contributed by atoms with van der Waals surface area (Å²) >= 11 is 0. The van der Waals surface area contributed by atoms with Gasteiger partial charge in [0.2, 0.25) is 0 Å². The van der Waals surface area contributed by atoms with Gasteiger partial charge < -0.3 is 14.5 Å². The van der Waals surface area contributed by atoms with Crippen LogP contribution in [0.4, 0.5) is 0 Å². The predicted octanol–water partition coefficient (Wildman–Crippen LogP) is 1.66. The van der Waals surface area contributed by atoms with Gasteiger partial charge in [0.15, 0.2) is 11.5 Å². The number of nitrogens with zero attached hydrogens (tertiary/aromatic N) is 1. The number of rotatable bonds is 4. The zero-order valence-electron chi connectivity index (χ0n) is 11.1. The van der Waals surface area contributed by atoms with Gasteiger partial charge in [-0.3, -0.25) is 9.59 Å². The third-order valence-corrected chi connectivity index (χ3v) is 2.99. The number of esters is 1. The van der Waals surface area contributed by atoms with Gasteiger partial charge in [0, 0.05) is 24.9 Å². The van der Waals surface area contributed by atoms with Crippen LogP contribution in [0.15, 0.2) is 30.6 Å². The van der Waals surface area contributed by atoms with Gasteiger partial charge in [0.1, 0.15) is 0 Å². The van der Waals surface area contributed by atoms with E-state index in [1.165, 1.54) is 6.92 Å². The lowest BCUT2D eigenvalue weighted by molar-refractivity contribution is -0.131. The molecule has 100 valence electrons. The van der Waals surface area contributed by atoms with Crippen molar-refractivity contribution in [2.45, 2.75) is 19.9 Å². The topological polar surface area (TPSA) is 59.8 Å². The van der Waals surface area contributed by atoms with Crippen molar-refractivity contribution in [3.05, 3.63) is 36.2 Å². The molecule has 2 heterocycles. The van der Waals surface area contributed by atoms with E-state index in [1.54, 1.807) is 42.8 Å². The van der Waals surface area contributed by atoms with E-state index in [4.69, 9.17) is 4.74 Å². The van der Waals surface area contributed by atoms with Crippen LogP contribution in [0.1, 0.15) is 24.2 Å². The Labute approximate surface area is 111 Å². The fraction of sp³-hybridized carbons (Fsp3) is 0.286. The summed E-state index contributed by atoms with van der Waals surface area (Å²) < 4.78 is 6.93. The highest BCUT2D eigenvalue weighted by Crippen LogP contribution is 2.25. The molecule has 0 amide bonds. The summed E-state index contributed by atoms with van der Waals surface area (Å²) in [6.45, 7) is 3.13. The molecule has 0 aliphatic rings. The van der Waals surface area contributed by atoms with E-state index in [0.717, 1.165) is 0 Å². The Balaban J connectivity index is 2.56. The average molecular weight is 260 g/mol. The molecule has 1 atom stereocenters. The van der Waals surface area contributed by atoms with Crippen molar-refractivity contribution in [2.24, 2.45) is 0 Å². The number of hydrogen-bond acceptors (Lipinski definition) is 4. The van der Waals surface area contributed by atoms with Crippen molar-refractivity contribution in [1.82, 2.24) is 9.72 Å². The summed E-state index contributed by atoms with van der Waals surface area (Å²) in [6, 6.07) is 4.88. The van der Waals surface area contributed by atoms with Crippen LogP contribution in [0.3, 0.4) is 0 Å². The number of nitrogens with one attached hydrogen (secondary N) is 1. The maximum absolute atomic E-state index is 12.3. The lowest BCUT2D eigenvalue weighted by Gasteiger charge is -2.10. The molecule has 5 nitrogen and oxygen atoms in total. The molecule has 2 aromatic rings. The van der Waals surface area contributed by atoms with Crippen LogP contribution >= 0.6 is 0 Å². The first-order chi connectivity index (χ1) is 9.04. The van der Waals surface area contributed by atoms with E-state index in [1.807, 2.05) is 6.20 Å². The molecule has 0 radical (unpaired) electrons. The summed E-state index contributed by atoms with van der Waals surface area (Å²) in [5.41, 5.74) is 1.16. The standard InChI is InChI=1S/C14H16N2O3/c1-9(15-3)14(18)11-6-8-16-7-4-5-12(13(11)16)19-10(2)17/h4-9,15H,1-3H3. The number of carbonyl (C=O) groups excluding carboxylic acids is 2. The first kappa shape index (κ1) is 13.3. The van der Waals surface area contributed by atoms with E-state index in [2.05, 4.69) is 5.32 Å². The van der Waals surface area contributed by atoms with Gasteiger partial charge in [-0.1, -0.05) is 0 Å². The number of carbonyl (C=O) groups is 2. The second-order valence-corrected chi connectivity index (χ2v) is 4.33. The molecule has 1 N–H and O–H groups in total. The molecule has 0 aliphatic heterocycles. The van der Waals surface area contributed by atoms with Crippen LogP contribution in [-0.4, -0.2) is 29.2 Å². The minimum Gasteiger partial charge on any atom is -0.424 e. The molecule has 0 saturated heterocycles. The number of pyridine rings is 1.